The van der Waals surface area contributed by atoms with Crippen LogP contribution in [0.4, 0.5) is 14.5 Å². The Bertz CT molecular complexity index is 1260. The fourth-order valence-corrected chi connectivity index (χ4v) is 4.60. The first-order valence-corrected chi connectivity index (χ1v) is 10.4. The van der Waals surface area contributed by atoms with Crippen LogP contribution in [0.5, 0.6) is 0 Å². The van der Waals surface area contributed by atoms with Crippen molar-refractivity contribution in [3.63, 3.8) is 0 Å². The van der Waals surface area contributed by atoms with Crippen molar-refractivity contribution in [3.8, 4) is 5.69 Å². The summed E-state index contributed by atoms with van der Waals surface area (Å²) in [7, 11) is 0. The summed E-state index contributed by atoms with van der Waals surface area (Å²) >= 11 is 0. The smallest absolute Gasteiger partial charge is 0.230 e. The number of carbonyl (C=O) groups excluding carboxylic acids is 1. The third-order valence-electron chi connectivity index (χ3n) is 6.46. The van der Waals surface area contributed by atoms with E-state index in [1.807, 2.05) is 46.9 Å². The summed E-state index contributed by atoms with van der Waals surface area (Å²) in [6, 6.07) is 20.5. The van der Waals surface area contributed by atoms with Crippen LogP contribution in [0.1, 0.15) is 25.5 Å². The molecule has 1 unspecified atom stereocenters. The van der Waals surface area contributed by atoms with Gasteiger partial charge in [-0.1, -0.05) is 26.0 Å². The first-order chi connectivity index (χ1) is 14.9. The number of amides is 1. The van der Waals surface area contributed by atoms with E-state index in [0.717, 1.165) is 27.8 Å². The van der Waals surface area contributed by atoms with Crippen molar-refractivity contribution >= 4 is 22.5 Å². The molecule has 0 saturated carbocycles. The van der Waals surface area contributed by atoms with Gasteiger partial charge >= 0.3 is 0 Å². The summed E-state index contributed by atoms with van der Waals surface area (Å²) in [5.41, 5.74) is 3.59. The highest BCUT2D eigenvalue weighted by molar-refractivity contribution is 6.00. The van der Waals surface area contributed by atoms with Gasteiger partial charge < -0.3 is 9.47 Å². The van der Waals surface area contributed by atoms with E-state index in [4.69, 9.17) is 0 Å². The van der Waals surface area contributed by atoms with Gasteiger partial charge in [-0.25, -0.2) is 8.78 Å². The van der Waals surface area contributed by atoms with Gasteiger partial charge in [-0.15, -0.1) is 0 Å². The molecule has 0 spiro atoms. The number of hydrogen-bond acceptors (Lipinski definition) is 1. The lowest BCUT2D eigenvalue weighted by molar-refractivity contribution is -0.120. The number of benzene rings is 3. The SMILES string of the molecule is CC1[C@H](C)C(=O)N(c2ccc3c(ccn3-c3ccc(F)cc3)c2)[C@@H]1c1ccc(F)cc1. The van der Waals surface area contributed by atoms with E-state index in [2.05, 4.69) is 6.92 Å². The average molecular weight is 416 g/mol. The van der Waals surface area contributed by atoms with Crippen molar-refractivity contribution in [1.82, 2.24) is 4.57 Å². The number of halogens is 2. The maximum absolute atomic E-state index is 13.5. The van der Waals surface area contributed by atoms with Gasteiger partial charge in [0, 0.05) is 28.9 Å². The highest BCUT2D eigenvalue weighted by Crippen LogP contribution is 2.44. The molecule has 0 aliphatic carbocycles. The molecule has 1 aliphatic heterocycles. The highest BCUT2D eigenvalue weighted by atomic mass is 19.1. The van der Waals surface area contributed by atoms with E-state index in [-0.39, 0.29) is 35.4 Å². The molecule has 5 heteroatoms. The van der Waals surface area contributed by atoms with Crippen LogP contribution in [0.15, 0.2) is 79.0 Å². The zero-order chi connectivity index (χ0) is 21.7. The molecule has 4 aromatic rings. The van der Waals surface area contributed by atoms with Crippen molar-refractivity contribution in [3.05, 3.63) is 96.2 Å². The van der Waals surface area contributed by atoms with E-state index in [1.54, 1.807) is 24.3 Å². The molecular formula is C26H22F2N2O. The van der Waals surface area contributed by atoms with Gasteiger partial charge in [0.2, 0.25) is 5.91 Å². The number of rotatable bonds is 3. The van der Waals surface area contributed by atoms with Gasteiger partial charge in [-0.3, -0.25) is 4.79 Å². The predicted octanol–water partition coefficient (Wildman–Crippen LogP) is 6.27. The number of hydrogen-bond donors (Lipinski definition) is 0. The standard InChI is InChI=1S/C26H22F2N2O/c1-16-17(2)26(31)30(25(16)18-3-5-20(27)6-4-18)23-11-12-24-19(15-23)13-14-29(24)22-9-7-21(28)8-10-22/h3-17,25H,1-2H3/t16?,17-,25-/m0/s1. The molecular weight excluding hydrogens is 394 g/mol. The Hall–Kier alpha value is -3.47. The minimum absolute atomic E-state index is 0.0687. The van der Waals surface area contributed by atoms with Crippen LogP contribution < -0.4 is 4.90 Å². The minimum atomic E-state index is -0.288. The van der Waals surface area contributed by atoms with Crippen LogP contribution in [0.25, 0.3) is 16.6 Å². The summed E-state index contributed by atoms with van der Waals surface area (Å²) in [4.78, 5) is 15.0. The van der Waals surface area contributed by atoms with E-state index >= 15 is 0 Å². The third-order valence-corrected chi connectivity index (χ3v) is 6.46. The fourth-order valence-electron chi connectivity index (χ4n) is 4.60. The second-order valence-electron chi connectivity index (χ2n) is 8.26. The van der Waals surface area contributed by atoms with Gasteiger partial charge in [-0.2, -0.15) is 0 Å². The molecule has 3 nitrogen and oxygen atoms in total. The molecule has 1 amide bonds. The van der Waals surface area contributed by atoms with E-state index in [1.165, 1.54) is 24.3 Å². The zero-order valence-corrected chi connectivity index (χ0v) is 17.3. The quantitative estimate of drug-likeness (QED) is 0.386. The lowest BCUT2D eigenvalue weighted by atomic mass is 9.89. The van der Waals surface area contributed by atoms with Crippen LogP contribution in [0.3, 0.4) is 0 Å². The topological polar surface area (TPSA) is 25.2 Å². The van der Waals surface area contributed by atoms with Crippen LogP contribution in [-0.4, -0.2) is 10.5 Å². The summed E-state index contributed by atoms with van der Waals surface area (Å²) in [5.74, 6) is -0.528. The largest absolute Gasteiger partial charge is 0.317 e. The van der Waals surface area contributed by atoms with Crippen LogP contribution in [-0.2, 0) is 4.79 Å². The summed E-state index contributed by atoms with van der Waals surface area (Å²) < 4.78 is 28.8. The van der Waals surface area contributed by atoms with Crippen molar-refractivity contribution in [2.75, 3.05) is 4.90 Å². The lowest BCUT2D eigenvalue weighted by Crippen LogP contribution is -2.29. The monoisotopic (exact) mass is 416 g/mol. The number of carbonyl (C=O) groups is 1. The third kappa shape index (κ3) is 3.21. The molecule has 0 bridgehead atoms. The molecule has 1 aliphatic rings. The highest BCUT2D eigenvalue weighted by Gasteiger charge is 2.44. The summed E-state index contributed by atoms with van der Waals surface area (Å²) in [6.07, 6.45) is 1.94. The molecule has 0 N–H and O–H groups in total. The second kappa shape index (κ2) is 7.34. The van der Waals surface area contributed by atoms with Crippen LogP contribution in [0, 0.1) is 23.5 Å². The number of anilines is 1. The first-order valence-electron chi connectivity index (χ1n) is 10.4. The normalized spacial score (nSPS) is 21.2. The molecule has 2 heterocycles. The summed E-state index contributed by atoms with van der Waals surface area (Å²) in [5, 5.41) is 0.986. The molecule has 0 radical (unpaired) electrons. The number of nitrogens with zero attached hydrogens (tertiary/aromatic N) is 2. The molecule has 1 saturated heterocycles. The first kappa shape index (κ1) is 19.5. The maximum Gasteiger partial charge on any atom is 0.230 e. The van der Waals surface area contributed by atoms with Gasteiger partial charge in [0.25, 0.3) is 0 Å². The second-order valence-corrected chi connectivity index (χ2v) is 8.26. The number of fused-ring (bicyclic) bond motifs is 1. The maximum atomic E-state index is 13.5. The van der Waals surface area contributed by atoms with Crippen LogP contribution in [0.2, 0.25) is 0 Å². The number of aromatic nitrogens is 1. The molecule has 3 aromatic carbocycles. The van der Waals surface area contributed by atoms with Crippen molar-refractivity contribution in [1.29, 1.82) is 0 Å². The van der Waals surface area contributed by atoms with Crippen molar-refractivity contribution in [2.45, 2.75) is 19.9 Å². The molecule has 3 atom stereocenters. The lowest BCUT2D eigenvalue weighted by Gasteiger charge is -2.28. The Morgan fingerprint density at radius 1 is 0.774 bits per heavy atom. The molecule has 1 aromatic heterocycles. The molecule has 156 valence electrons. The minimum Gasteiger partial charge on any atom is -0.317 e. The Labute approximate surface area is 179 Å². The van der Waals surface area contributed by atoms with Gasteiger partial charge in [-0.05, 0) is 72.1 Å². The fraction of sp³-hybridized carbons (Fsp3) is 0.192. The van der Waals surface area contributed by atoms with E-state index < -0.39 is 0 Å². The average Bonchev–Trinajstić information content (AvgIpc) is 3.29. The summed E-state index contributed by atoms with van der Waals surface area (Å²) in [6.45, 7) is 4.02. The Kier molecular flexibility index (Phi) is 4.62. The zero-order valence-electron chi connectivity index (χ0n) is 17.3. The van der Waals surface area contributed by atoms with Gasteiger partial charge in [0.15, 0.2) is 0 Å². The van der Waals surface area contributed by atoms with E-state index in [0.29, 0.717) is 0 Å². The Morgan fingerprint density at radius 3 is 2.06 bits per heavy atom. The van der Waals surface area contributed by atoms with Crippen molar-refractivity contribution in [2.24, 2.45) is 11.8 Å². The Morgan fingerprint density at radius 2 is 1.39 bits per heavy atom. The molecule has 5 rings (SSSR count). The predicted molar refractivity (Wildman–Crippen MR) is 118 cm³/mol. The van der Waals surface area contributed by atoms with Gasteiger partial charge in [0.1, 0.15) is 11.6 Å². The van der Waals surface area contributed by atoms with Gasteiger partial charge in [0.05, 0.1) is 11.6 Å². The Balaban J connectivity index is 1.57. The van der Waals surface area contributed by atoms with E-state index in [9.17, 15) is 13.6 Å². The van der Waals surface area contributed by atoms with Crippen LogP contribution >= 0.6 is 0 Å². The molecule has 31 heavy (non-hydrogen) atoms. The van der Waals surface area contributed by atoms with Crippen molar-refractivity contribution < 1.29 is 13.6 Å². The molecule has 1 fully saturated rings.